The summed E-state index contributed by atoms with van der Waals surface area (Å²) in [5.41, 5.74) is 2.69. The SMILES string of the molecule is COc1cc(Br)cc(C(C)CCCCc2ccc(Cl)cc2)c1. The molecule has 0 saturated heterocycles. The van der Waals surface area contributed by atoms with Crippen LogP contribution in [-0.2, 0) is 6.42 Å². The Bertz CT molecular complexity index is 595. The predicted octanol–water partition coefficient (Wildman–Crippen LogP) is 6.63. The molecule has 0 radical (unpaired) electrons. The lowest BCUT2D eigenvalue weighted by atomic mass is 9.94. The van der Waals surface area contributed by atoms with E-state index < -0.39 is 0 Å². The molecule has 0 aliphatic rings. The zero-order valence-electron chi connectivity index (χ0n) is 13.1. The summed E-state index contributed by atoms with van der Waals surface area (Å²) in [6.07, 6.45) is 4.73. The third kappa shape index (κ3) is 5.33. The van der Waals surface area contributed by atoms with Crippen LogP contribution < -0.4 is 4.74 Å². The lowest BCUT2D eigenvalue weighted by molar-refractivity contribution is 0.413. The first-order chi connectivity index (χ1) is 10.6. The topological polar surface area (TPSA) is 9.23 Å². The van der Waals surface area contributed by atoms with Crippen LogP contribution in [0.4, 0.5) is 0 Å². The average molecular weight is 382 g/mol. The summed E-state index contributed by atoms with van der Waals surface area (Å²) in [6, 6.07) is 14.5. The summed E-state index contributed by atoms with van der Waals surface area (Å²) in [7, 11) is 1.71. The number of aryl methyl sites for hydroxylation is 1. The van der Waals surface area contributed by atoms with Crippen molar-refractivity contribution in [3.05, 3.63) is 63.1 Å². The minimum atomic E-state index is 0.539. The molecule has 1 unspecified atom stereocenters. The van der Waals surface area contributed by atoms with Gasteiger partial charge in [-0.15, -0.1) is 0 Å². The van der Waals surface area contributed by atoms with Crippen molar-refractivity contribution in [3.63, 3.8) is 0 Å². The molecule has 0 saturated carbocycles. The normalized spacial score (nSPS) is 12.2. The van der Waals surface area contributed by atoms with Crippen molar-refractivity contribution in [2.75, 3.05) is 7.11 Å². The summed E-state index contributed by atoms with van der Waals surface area (Å²) in [5.74, 6) is 1.45. The van der Waals surface area contributed by atoms with Crippen LogP contribution in [0, 0.1) is 0 Å². The molecule has 1 atom stereocenters. The molecule has 0 N–H and O–H groups in total. The minimum Gasteiger partial charge on any atom is -0.497 e. The van der Waals surface area contributed by atoms with Crippen LogP contribution in [0.5, 0.6) is 5.75 Å². The van der Waals surface area contributed by atoms with Crippen LogP contribution in [0.3, 0.4) is 0 Å². The van der Waals surface area contributed by atoms with Gasteiger partial charge in [0.25, 0.3) is 0 Å². The maximum absolute atomic E-state index is 5.91. The van der Waals surface area contributed by atoms with Gasteiger partial charge in [-0.25, -0.2) is 0 Å². The molecule has 3 heteroatoms. The Labute approximate surface area is 146 Å². The number of halogens is 2. The molecule has 1 nitrogen and oxygen atoms in total. The van der Waals surface area contributed by atoms with Gasteiger partial charge in [-0.05, 0) is 66.6 Å². The molecule has 118 valence electrons. The predicted molar refractivity (Wildman–Crippen MR) is 98.1 cm³/mol. The Kier molecular flexibility index (Phi) is 6.78. The molecular formula is C19H22BrClO. The number of ether oxygens (including phenoxy) is 1. The first kappa shape index (κ1) is 17.4. The second-order valence-corrected chi connectivity index (χ2v) is 7.05. The van der Waals surface area contributed by atoms with E-state index in [0.717, 1.165) is 21.7 Å². The largest absolute Gasteiger partial charge is 0.497 e. The van der Waals surface area contributed by atoms with Crippen molar-refractivity contribution in [1.82, 2.24) is 0 Å². The quantitative estimate of drug-likeness (QED) is 0.489. The van der Waals surface area contributed by atoms with E-state index in [9.17, 15) is 0 Å². The molecule has 0 spiro atoms. The number of benzene rings is 2. The number of hydrogen-bond donors (Lipinski definition) is 0. The van der Waals surface area contributed by atoms with Gasteiger partial charge in [-0.3, -0.25) is 0 Å². The molecule has 0 aliphatic carbocycles. The lowest BCUT2D eigenvalue weighted by Crippen LogP contribution is -1.96. The van der Waals surface area contributed by atoms with Gasteiger partial charge in [0.1, 0.15) is 5.75 Å². The fraction of sp³-hybridized carbons (Fsp3) is 0.368. The van der Waals surface area contributed by atoms with Gasteiger partial charge < -0.3 is 4.74 Å². The van der Waals surface area contributed by atoms with Gasteiger partial charge >= 0.3 is 0 Å². The van der Waals surface area contributed by atoms with Crippen LogP contribution in [0.15, 0.2) is 46.9 Å². The van der Waals surface area contributed by atoms with E-state index in [0.29, 0.717) is 5.92 Å². The number of rotatable bonds is 7. The molecular weight excluding hydrogens is 360 g/mol. The molecule has 2 rings (SSSR count). The van der Waals surface area contributed by atoms with Crippen molar-refractivity contribution in [1.29, 1.82) is 0 Å². The van der Waals surface area contributed by atoms with Crippen molar-refractivity contribution < 1.29 is 4.74 Å². The maximum atomic E-state index is 5.91. The van der Waals surface area contributed by atoms with Crippen LogP contribution in [0.2, 0.25) is 5.02 Å². The van der Waals surface area contributed by atoms with Gasteiger partial charge in [0, 0.05) is 9.50 Å². The van der Waals surface area contributed by atoms with E-state index >= 15 is 0 Å². The van der Waals surface area contributed by atoms with E-state index in [4.69, 9.17) is 16.3 Å². The minimum absolute atomic E-state index is 0.539. The second kappa shape index (κ2) is 8.59. The number of unbranched alkanes of at least 4 members (excludes halogenated alkanes) is 1. The van der Waals surface area contributed by atoms with E-state index in [1.54, 1.807) is 7.11 Å². The lowest BCUT2D eigenvalue weighted by Gasteiger charge is -2.14. The van der Waals surface area contributed by atoms with Crippen LogP contribution in [0.1, 0.15) is 43.2 Å². The zero-order valence-corrected chi connectivity index (χ0v) is 15.5. The first-order valence-electron chi connectivity index (χ1n) is 7.67. The van der Waals surface area contributed by atoms with Crippen molar-refractivity contribution in [2.45, 2.75) is 38.5 Å². The first-order valence-corrected chi connectivity index (χ1v) is 8.84. The monoisotopic (exact) mass is 380 g/mol. The molecule has 0 bridgehead atoms. The molecule has 0 amide bonds. The zero-order chi connectivity index (χ0) is 15.9. The Morgan fingerprint density at radius 3 is 2.50 bits per heavy atom. The maximum Gasteiger partial charge on any atom is 0.120 e. The smallest absolute Gasteiger partial charge is 0.120 e. The van der Waals surface area contributed by atoms with E-state index in [-0.39, 0.29) is 0 Å². The van der Waals surface area contributed by atoms with Crippen LogP contribution in [0.25, 0.3) is 0 Å². The van der Waals surface area contributed by atoms with Gasteiger partial charge in [0.2, 0.25) is 0 Å². The Morgan fingerprint density at radius 1 is 1.09 bits per heavy atom. The van der Waals surface area contributed by atoms with Gasteiger partial charge in [-0.1, -0.05) is 53.0 Å². The van der Waals surface area contributed by atoms with Crippen LogP contribution in [-0.4, -0.2) is 7.11 Å². The van der Waals surface area contributed by atoms with Crippen LogP contribution >= 0.6 is 27.5 Å². The molecule has 0 aromatic heterocycles. The number of methoxy groups -OCH3 is 1. The van der Waals surface area contributed by atoms with E-state index in [2.05, 4.69) is 47.1 Å². The Balaban J connectivity index is 1.81. The third-order valence-electron chi connectivity index (χ3n) is 3.96. The Hall–Kier alpha value is -0.990. The van der Waals surface area contributed by atoms with E-state index in [1.165, 1.54) is 30.4 Å². The second-order valence-electron chi connectivity index (χ2n) is 5.70. The molecule has 0 fully saturated rings. The van der Waals surface area contributed by atoms with Crippen molar-refractivity contribution in [2.24, 2.45) is 0 Å². The highest BCUT2D eigenvalue weighted by Crippen LogP contribution is 2.29. The Morgan fingerprint density at radius 2 is 1.82 bits per heavy atom. The van der Waals surface area contributed by atoms with Crippen molar-refractivity contribution >= 4 is 27.5 Å². The van der Waals surface area contributed by atoms with Gasteiger partial charge in [0.15, 0.2) is 0 Å². The molecule has 0 heterocycles. The molecule has 2 aromatic rings. The summed E-state index contributed by atoms with van der Waals surface area (Å²) in [4.78, 5) is 0. The van der Waals surface area contributed by atoms with Gasteiger partial charge in [-0.2, -0.15) is 0 Å². The van der Waals surface area contributed by atoms with E-state index in [1.807, 2.05) is 18.2 Å². The highest BCUT2D eigenvalue weighted by molar-refractivity contribution is 9.10. The summed E-state index contributed by atoms with van der Waals surface area (Å²) in [5, 5.41) is 0.806. The highest BCUT2D eigenvalue weighted by atomic mass is 79.9. The fourth-order valence-corrected chi connectivity index (χ4v) is 3.20. The third-order valence-corrected chi connectivity index (χ3v) is 4.67. The summed E-state index contributed by atoms with van der Waals surface area (Å²) in [6.45, 7) is 2.28. The molecule has 22 heavy (non-hydrogen) atoms. The van der Waals surface area contributed by atoms with Gasteiger partial charge in [0.05, 0.1) is 7.11 Å². The average Bonchev–Trinajstić information content (AvgIpc) is 2.52. The van der Waals surface area contributed by atoms with Crippen molar-refractivity contribution in [3.8, 4) is 5.75 Å². The standard InChI is InChI=1S/C19H22BrClO/c1-14(16-11-17(20)13-19(12-16)22-2)5-3-4-6-15-7-9-18(21)10-8-15/h7-14H,3-6H2,1-2H3. The summed E-state index contributed by atoms with van der Waals surface area (Å²) >= 11 is 9.46. The molecule has 2 aromatic carbocycles. The molecule has 0 aliphatic heterocycles. The summed E-state index contributed by atoms with van der Waals surface area (Å²) < 4.78 is 6.42. The highest BCUT2D eigenvalue weighted by Gasteiger charge is 2.08. The number of hydrogen-bond acceptors (Lipinski definition) is 1. The fourth-order valence-electron chi connectivity index (χ4n) is 2.58.